The van der Waals surface area contributed by atoms with Crippen molar-refractivity contribution < 1.29 is 19.4 Å². The maximum atomic E-state index is 11.2. The molecule has 2 unspecified atom stereocenters. The summed E-state index contributed by atoms with van der Waals surface area (Å²) in [5.41, 5.74) is 4.01. The van der Waals surface area contributed by atoms with Crippen molar-refractivity contribution in [2.75, 3.05) is 13.2 Å². The van der Waals surface area contributed by atoms with E-state index in [4.69, 9.17) is 9.47 Å². The van der Waals surface area contributed by atoms with E-state index in [9.17, 15) is 9.90 Å². The molecule has 4 nitrogen and oxygen atoms in total. The predicted octanol–water partition coefficient (Wildman–Crippen LogP) is 3.85. The van der Waals surface area contributed by atoms with Gasteiger partial charge < -0.3 is 14.6 Å². The first-order valence-corrected chi connectivity index (χ1v) is 8.25. The maximum absolute atomic E-state index is 11.2. The lowest BCUT2D eigenvalue weighted by Gasteiger charge is -2.12. The van der Waals surface area contributed by atoms with Crippen molar-refractivity contribution in [1.29, 1.82) is 0 Å². The first-order valence-electron chi connectivity index (χ1n) is 8.25. The van der Waals surface area contributed by atoms with Gasteiger partial charge in [0.15, 0.2) is 0 Å². The number of hydrogen-bond acceptors (Lipinski definition) is 3. The molecule has 1 aliphatic heterocycles. The zero-order valence-electron chi connectivity index (χ0n) is 13.8. The van der Waals surface area contributed by atoms with E-state index in [1.54, 1.807) is 6.92 Å². The Morgan fingerprint density at radius 2 is 2.00 bits per heavy atom. The van der Waals surface area contributed by atoms with E-state index in [1.807, 2.05) is 42.5 Å². The Bertz CT molecular complexity index is 704. The van der Waals surface area contributed by atoms with E-state index in [0.717, 1.165) is 35.3 Å². The van der Waals surface area contributed by atoms with Crippen molar-refractivity contribution in [1.82, 2.24) is 0 Å². The zero-order chi connectivity index (χ0) is 16.9. The van der Waals surface area contributed by atoms with E-state index in [2.05, 4.69) is 6.07 Å². The summed E-state index contributed by atoms with van der Waals surface area (Å²) in [6.45, 7) is 3.72. The smallest absolute Gasteiger partial charge is 0.310 e. The van der Waals surface area contributed by atoms with Gasteiger partial charge in [-0.25, -0.2) is 0 Å². The third-order valence-corrected chi connectivity index (χ3v) is 4.39. The quantitative estimate of drug-likeness (QED) is 0.876. The minimum absolute atomic E-state index is 0.188. The molecule has 126 valence electrons. The van der Waals surface area contributed by atoms with Gasteiger partial charge >= 0.3 is 5.97 Å². The molecule has 1 aliphatic rings. The molecular formula is C20H22O4. The number of benzene rings is 2. The van der Waals surface area contributed by atoms with E-state index < -0.39 is 11.9 Å². The minimum Gasteiger partial charge on any atom is -0.481 e. The predicted molar refractivity (Wildman–Crippen MR) is 91.9 cm³/mol. The molecule has 0 amide bonds. The van der Waals surface area contributed by atoms with Gasteiger partial charge in [0.25, 0.3) is 0 Å². The lowest BCUT2D eigenvalue weighted by atomic mass is 9.96. The number of hydrogen-bond donors (Lipinski definition) is 1. The molecule has 2 aromatic rings. The highest BCUT2D eigenvalue weighted by molar-refractivity contribution is 5.76. The van der Waals surface area contributed by atoms with Crippen LogP contribution in [0.5, 0.6) is 0 Å². The monoisotopic (exact) mass is 326 g/mol. The van der Waals surface area contributed by atoms with Gasteiger partial charge in [-0.1, -0.05) is 42.5 Å². The van der Waals surface area contributed by atoms with Gasteiger partial charge in [0.05, 0.1) is 25.2 Å². The van der Waals surface area contributed by atoms with E-state index in [0.29, 0.717) is 13.2 Å². The normalized spacial score (nSPS) is 18.5. The Morgan fingerprint density at radius 3 is 2.71 bits per heavy atom. The summed E-state index contributed by atoms with van der Waals surface area (Å²) in [5.74, 6) is -1.33. The van der Waals surface area contributed by atoms with Crippen molar-refractivity contribution >= 4 is 5.97 Å². The fraction of sp³-hybridized carbons (Fsp3) is 0.350. The molecule has 3 rings (SSSR count). The lowest BCUT2D eigenvalue weighted by Crippen LogP contribution is -2.11. The first-order chi connectivity index (χ1) is 11.6. The van der Waals surface area contributed by atoms with Crippen LogP contribution in [0, 0.1) is 0 Å². The van der Waals surface area contributed by atoms with Crippen molar-refractivity contribution in [2.24, 2.45) is 0 Å². The summed E-state index contributed by atoms with van der Waals surface area (Å²) in [4.78, 5) is 11.2. The molecule has 1 N–H and O–H groups in total. The van der Waals surface area contributed by atoms with Crippen LogP contribution in [-0.2, 0) is 20.9 Å². The molecule has 0 aliphatic carbocycles. The number of aliphatic carboxylic acids is 1. The van der Waals surface area contributed by atoms with Crippen LogP contribution in [0.4, 0.5) is 0 Å². The number of carboxylic acids is 1. The van der Waals surface area contributed by atoms with Gasteiger partial charge in [-0.15, -0.1) is 0 Å². The maximum Gasteiger partial charge on any atom is 0.310 e. The largest absolute Gasteiger partial charge is 0.481 e. The van der Waals surface area contributed by atoms with Crippen LogP contribution in [0.2, 0.25) is 0 Å². The molecule has 0 saturated carbocycles. The molecule has 0 bridgehead atoms. The van der Waals surface area contributed by atoms with E-state index in [-0.39, 0.29) is 6.10 Å². The van der Waals surface area contributed by atoms with Crippen LogP contribution in [-0.4, -0.2) is 30.4 Å². The zero-order valence-corrected chi connectivity index (χ0v) is 13.8. The summed E-state index contributed by atoms with van der Waals surface area (Å²) < 4.78 is 11.2. The molecule has 4 heteroatoms. The summed E-state index contributed by atoms with van der Waals surface area (Å²) in [7, 11) is 0. The van der Waals surface area contributed by atoms with Gasteiger partial charge in [-0.3, -0.25) is 4.79 Å². The molecule has 1 saturated heterocycles. The van der Waals surface area contributed by atoms with Gasteiger partial charge in [-0.2, -0.15) is 0 Å². The summed E-state index contributed by atoms with van der Waals surface area (Å²) in [6, 6.07) is 15.9. The number of rotatable bonds is 6. The van der Waals surface area contributed by atoms with Crippen LogP contribution in [0.3, 0.4) is 0 Å². The average molecular weight is 326 g/mol. The van der Waals surface area contributed by atoms with Gasteiger partial charge in [0.1, 0.15) is 0 Å². The van der Waals surface area contributed by atoms with Crippen LogP contribution in [0.25, 0.3) is 11.1 Å². The molecule has 24 heavy (non-hydrogen) atoms. The van der Waals surface area contributed by atoms with Crippen molar-refractivity contribution in [3.8, 4) is 11.1 Å². The topological polar surface area (TPSA) is 55.8 Å². The standard InChI is InChI=1S/C20H22O4/c1-14(20(21)22)16-5-3-7-18(11-16)17-6-2-4-15(10-17)12-24-19-8-9-23-13-19/h2-7,10-11,14,19H,8-9,12-13H2,1H3,(H,21,22). The molecule has 0 spiro atoms. The third kappa shape index (κ3) is 4.02. The average Bonchev–Trinajstić information content (AvgIpc) is 3.13. The second kappa shape index (κ2) is 7.60. The molecule has 1 fully saturated rings. The number of carboxylic acid groups (broad SMARTS) is 1. The SMILES string of the molecule is CC(C(=O)O)c1cccc(-c2cccc(COC3CCOC3)c2)c1. The highest BCUT2D eigenvalue weighted by Gasteiger charge is 2.16. The highest BCUT2D eigenvalue weighted by Crippen LogP contribution is 2.25. The third-order valence-electron chi connectivity index (χ3n) is 4.39. The summed E-state index contributed by atoms with van der Waals surface area (Å²) >= 11 is 0. The Morgan fingerprint density at radius 1 is 1.25 bits per heavy atom. The van der Waals surface area contributed by atoms with Crippen LogP contribution < -0.4 is 0 Å². The molecule has 0 radical (unpaired) electrons. The highest BCUT2D eigenvalue weighted by atomic mass is 16.5. The minimum atomic E-state index is -0.812. The van der Waals surface area contributed by atoms with Crippen molar-refractivity contribution in [3.05, 3.63) is 59.7 Å². The fourth-order valence-electron chi connectivity index (χ4n) is 2.83. The fourth-order valence-corrected chi connectivity index (χ4v) is 2.83. The molecular weight excluding hydrogens is 304 g/mol. The Labute approximate surface area is 142 Å². The molecule has 2 aromatic carbocycles. The Hall–Kier alpha value is -2.17. The Kier molecular flexibility index (Phi) is 5.28. The van der Waals surface area contributed by atoms with Gasteiger partial charge in [0.2, 0.25) is 0 Å². The Balaban J connectivity index is 1.75. The van der Waals surface area contributed by atoms with Crippen LogP contribution >= 0.6 is 0 Å². The van der Waals surface area contributed by atoms with Crippen molar-refractivity contribution in [2.45, 2.75) is 32.0 Å². The number of carbonyl (C=O) groups is 1. The van der Waals surface area contributed by atoms with Gasteiger partial charge in [-0.05, 0) is 41.7 Å². The van der Waals surface area contributed by atoms with Crippen LogP contribution in [0.15, 0.2) is 48.5 Å². The molecule has 1 heterocycles. The van der Waals surface area contributed by atoms with Crippen molar-refractivity contribution in [3.63, 3.8) is 0 Å². The second-order valence-corrected chi connectivity index (χ2v) is 6.18. The van der Waals surface area contributed by atoms with E-state index in [1.165, 1.54) is 0 Å². The molecule has 2 atom stereocenters. The lowest BCUT2D eigenvalue weighted by molar-refractivity contribution is -0.138. The molecule has 0 aromatic heterocycles. The van der Waals surface area contributed by atoms with Crippen LogP contribution in [0.1, 0.15) is 30.4 Å². The first kappa shape index (κ1) is 16.7. The van der Waals surface area contributed by atoms with E-state index >= 15 is 0 Å². The van der Waals surface area contributed by atoms with Gasteiger partial charge in [0, 0.05) is 6.61 Å². The second-order valence-electron chi connectivity index (χ2n) is 6.18. The summed E-state index contributed by atoms with van der Waals surface area (Å²) in [5, 5.41) is 9.19. The summed E-state index contributed by atoms with van der Waals surface area (Å²) in [6.07, 6.45) is 1.14. The number of ether oxygens (including phenoxy) is 2.